The third kappa shape index (κ3) is 2.94. The molecule has 3 aromatic rings. The smallest absolute Gasteiger partial charge is 0.265 e. The molecule has 0 aliphatic rings. The molecule has 1 aromatic heterocycles. The van der Waals surface area contributed by atoms with Gasteiger partial charge in [0, 0.05) is 11.9 Å². The van der Waals surface area contributed by atoms with Crippen LogP contribution in [0.25, 0.3) is 10.9 Å². The molecule has 6 heteroatoms. The number of amides is 1. The molecule has 3 rings (SSSR count). The van der Waals surface area contributed by atoms with E-state index in [-0.39, 0.29) is 17.9 Å². The molecular formula is C18H16N2O4. The van der Waals surface area contributed by atoms with Crippen LogP contribution < -0.4 is 15.6 Å². The van der Waals surface area contributed by atoms with Gasteiger partial charge in [0.2, 0.25) is 0 Å². The minimum absolute atomic E-state index is 0.210. The van der Waals surface area contributed by atoms with Crippen molar-refractivity contribution >= 4 is 16.8 Å². The topological polar surface area (TPSA) is 91.4 Å². The molecule has 0 bridgehead atoms. The van der Waals surface area contributed by atoms with Crippen molar-refractivity contribution in [3.63, 3.8) is 0 Å². The van der Waals surface area contributed by atoms with E-state index in [4.69, 9.17) is 4.74 Å². The van der Waals surface area contributed by atoms with Gasteiger partial charge < -0.3 is 20.1 Å². The van der Waals surface area contributed by atoms with Crippen LogP contribution in [0.1, 0.15) is 15.9 Å². The zero-order chi connectivity index (χ0) is 17.1. The van der Waals surface area contributed by atoms with Crippen molar-refractivity contribution in [1.29, 1.82) is 0 Å². The summed E-state index contributed by atoms with van der Waals surface area (Å²) in [4.78, 5) is 27.0. The number of nitrogens with one attached hydrogen (secondary N) is 2. The lowest BCUT2D eigenvalue weighted by Gasteiger charge is -2.09. The summed E-state index contributed by atoms with van der Waals surface area (Å²) in [7, 11) is 1.56. The molecule has 0 atom stereocenters. The van der Waals surface area contributed by atoms with Gasteiger partial charge in [0.25, 0.3) is 11.5 Å². The zero-order valence-electron chi connectivity index (χ0n) is 13.0. The number of methoxy groups -OCH3 is 1. The van der Waals surface area contributed by atoms with Crippen molar-refractivity contribution in [3.8, 4) is 11.5 Å². The fraction of sp³-hybridized carbons (Fsp3) is 0.111. The zero-order valence-corrected chi connectivity index (χ0v) is 13.0. The average Bonchev–Trinajstić information content (AvgIpc) is 2.60. The van der Waals surface area contributed by atoms with Gasteiger partial charge in [0.1, 0.15) is 17.1 Å². The molecule has 0 fully saturated rings. The van der Waals surface area contributed by atoms with Crippen LogP contribution in [0, 0.1) is 0 Å². The van der Waals surface area contributed by atoms with E-state index < -0.39 is 11.5 Å². The SMILES string of the molecule is COc1cccc(CNC(=O)c2c(O)c3ccccc3[nH]c2=O)c1. The number of hydrogen-bond donors (Lipinski definition) is 3. The maximum absolute atomic E-state index is 12.3. The van der Waals surface area contributed by atoms with Gasteiger partial charge in [0.15, 0.2) is 0 Å². The van der Waals surface area contributed by atoms with E-state index >= 15 is 0 Å². The van der Waals surface area contributed by atoms with Crippen LogP contribution >= 0.6 is 0 Å². The first kappa shape index (κ1) is 15.6. The van der Waals surface area contributed by atoms with Crippen molar-refractivity contribution in [1.82, 2.24) is 10.3 Å². The Kier molecular flexibility index (Phi) is 4.20. The van der Waals surface area contributed by atoms with E-state index in [0.29, 0.717) is 16.7 Å². The van der Waals surface area contributed by atoms with Gasteiger partial charge in [0.05, 0.1) is 12.6 Å². The highest BCUT2D eigenvalue weighted by molar-refractivity contribution is 6.01. The Morgan fingerprint density at radius 1 is 1.21 bits per heavy atom. The molecule has 0 unspecified atom stereocenters. The highest BCUT2D eigenvalue weighted by atomic mass is 16.5. The molecule has 2 aromatic carbocycles. The standard InChI is InChI=1S/C18H16N2O4/c1-24-12-6-4-5-11(9-12)10-19-17(22)15-16(21)13-7-2-3-8-14(13)20-18(15)23/h2-9H,10H2,1H3,(H,19,22)(H2,20,21,23). The van der Waals surface area contributed by atoms with Crippen LogP contribution in [0.2, 0.25) is 0 Å². The van der Waals surface area contributed by atoms with Crippen LogP contribution in [-0.2, 0) is 6.54 Å². The third-order valence-electron chi connectivity index (χ3n) is 3.71. The lowest BCUT2D eigenvalue weighted by molar-refractivity contribution is 0.0947. The van der Waals surface area contributed by atoms with Crippen molar-refractivity contribution in [2.45, 2.75) is 6.54 Å². The lowest BCUT2D eigenvalue weighted by Crippen LogP contribution is -2.29. The molecule has 122 valence electrons. The van der Waals surface area contributed by atoms with Crippen molar-refractivity contribution in [3.05, 3.63) is 70.0 Å². The minimum atomic E-state index is -0.637. The highest BCUT2D eigenvalue weighted by Crippen LogP contribution is 2.24. The molecule has 0 saturated carbocycles. The number of rotatable bonds is 4. The van der Waals surface area contributed by atoms with Crippen molar-refractivity contribution < 1.29 is 14.6 Å². The number of carbonyl (C=O) groups excluding carboxylic acids is 1. The number of pyridine rings is 1. The van der Waals surface area contributed by atoms with Gasteiger partial charge in [-0.15, -0.1) is 0 Å². The summed E-state index contributed by atoms with van der Waals surface area (Å²) in [5.74, 6) is -0.284. The van der Waals surface area contributed by atoms with Gasteiger partial charge in [-0.05, 0) is 29.8 Å². The Morgan fingerprint density at radius 3 is 2.79 bits per heavy atom. The Morgan fingerprint density at radius 2 is 2.00 bits per heavy atom. The number of hydrogen-bond acceptors (Lipinski definition) is 4. The van der Waals surface area contributed by atoms with Crippen LogP contribution in [-0.4, -0.2) is 23.1 Å². The molecule has 1 heterocycles. The number of benzene rings is 2. The molecule has 24 heavy (non-hydrogen) atoms. The minimum Gasteiger partial charge on any atom is -0.506 e. The van der Waals surface area contributed by atoms with E-state index in [1.54, 1.807) is 49.6 Å². The van der Waals surface area contributed by atoms with Gasteiger partial charge in [-0.25, -0.2) is 0 Å². The monoisotopic (exact) mass is 324 g/mol. The van der Waals surface area contributed by atoms with Crippen LogP contribution in [0.3, 0.4) is 0 Å². The predicted molar refractivity (Wildman–Crippen MR) is 90.4 cm³/mol. The van der Waals surface area contributed by atoms with Gasteiger partial charge >= 0.3 is 0 Å². The largest absolute Gasteiger partial charge is 0.506 e. The second kappa shape index (κ2) is 6.45. The number of fused-ring (bicyclic) bond motifs is 1. The summed E-state index contributed by atoms with van der Waals surface area (Å²) in [6, 6.07) is 14.0. The second-order valence-corrected chi connectivity index (χ2v) is 5.26. The van der Waals surface area contributed by atoms with Crippen LogP contribution in [0.15, 0.2) is 53.3 Å². The number of carbonyl (C=O) groups is 1. The molecule has 0 spiro atoms. The van der Waals surface area contributed by atoms with E-state index in [1.807, 2.05) is 6.07 Å². The van der Waals surface area contributed by atoms with Crippen LogP contribution in [0.4, 0.5) is 0 Å². The summed E-state index contributed by atoms with van der Waals surface area (Å²) in [5, 5.41) is 13.3. The van der Waals surface area contributed by atoms with E-state index in [1.165, 1.54) is 0 Å². The van der Waals surface area contributed by atoms with Gasteiger partial charge in [-0.2, -0.15) is 0 Å². The Hall–Kier alpha value is -3.28. The normalized spacial score (nSPS) is 10.5. The Labute approximate surface area is 137 Å². The molecule has 0 aliphatic carbocycles. The summed E-state index contributed by atoms with van der Waals surface area (Å²) >= 11 is 0. The summed E-state index contributed by atoms with van der Waals surface area (Å²) in [6.07, 6.45) is 0. The lowest BCUT2D eigenvalue weighted by atomic mass is 10.1. The summed E-state index contributed by atoms with van der Waals surface area (Å²) < 4.78 is 5.13. The molecule has 0 saturated heterocycles. The second-order valence-electron chi connectivity index (χ2n) is 5.26. The molecule has 0 radical (unpaired) electrons. The number of ether oxygens (including phenoxy) is 1. The molecular weight excluding hydrogens is 308 g/mol. The first-order valence-electron chi connectivity index (χ1n) is 7.35. The third-order valence-corrected chi connectivity index (χ3v) is 3.71. The molecule has 1 amide bonds. The maximum atomic E-state index is 12.3. The molecule has 3 N–H and O–H groups in total. The van der Waals surface area contributed by atoms with Crippen molar-refractivity contribution in [2.24, 2.45) is 0 Å². The summed E-state index contributed by atoms with van der Waals surface area (Å²) in [5.41, 5.74) is 0.370. The first-order valence-corrected chi connectivity index (χ1v) is 7.35. The summed E-state index contributed by atoms with van der Waals surface area (Å²) in [6.45, 7) is 0.210. The maximum Gasteiger partial charge on any atom is 0.265 e. The average molecular weight is 324 g/mol. The highest BCUT2D eigenvalue weighted by Gasteiger charge is 2.18. The van der Waals surface area contributed by atoms with E-state index in [0.717, 1.165) is 5.56 Å². The number of aromatic nitrogens is 1. The number of aromatic hydroxyl groups is 1. The van der Waals surface area contributed by atoms with Gasteiger partial charge in [-0.3, -0.25) is 9.59 Å². The quantitative estimate of drug-likeness (QED) is 0.686. The molecule has 0 aliphatic heterocycles. The van der Waals surface area contributed by atoms with Crippen molar-refractivity contribution in [2.75, 3.05) is 7.11 Å². The fourth-order valence-corrected chi connectivity index (χ4v) is 2.49. The Bertz CT molecular complexity index is 963. The number of aromatic amines is 1. The predicted octanol–water partition coefficient (Wildman–Crippen LogP) is 2.17. The Balaban J connectivity index is 1.87. The van der Waals surface area contributed by atoms with Crippen LogP contribution in [0.5, 0.6) is 11.5 Å². The molecule has 6 nitrogen and oxygen atoms in total. The number of para-hydroxylation sites is 1. The fourth-order valence-electron chi connectivity index (χ4n) is 2.49. The van der Waals surface area contributed by atoms with E-state index in [9.17, 15) is 14.7 Å². The van der Waals surface area contributed by atoms with Gasteiger partial charge in [-0.1, -0.05) is 24.3 Å². The number of H-pyrrole nitrogens is 1. The van der Waals surface area contributed by atoms with E-state index in [2.05, 4.69) is 10.3 Å². The first-order chi connectivity index (χ1) is 11.6.